The van der Waals surface area contributed by atoms with Gasteiger partial charge in [-0.15, -0.1) is 0 Å². The molecule has 1 aliphatic carbocycles. The molecule has 1 aromatic rings. The zero-order chi connectivity index (χ0) is 26.9. The minimum absolute atomic E-state index is 0.0117. The molecule has 0 saturated carbocycles. The Morgan fingerprint density at radius 3 is 2.73 bits per heavy atom. The molecule has 4 atom stereocenters. The fourth-order valence-electron chi connectivity index (χ4n) is 5.09. The molecule has 0 bridgehead atoms. The number of fused-ring (bicyclic) bond motifs is 1. The van der Waals surface area contributed by atoms with E-state index in [1.807, 2.05) is 52.1 Å². The number of esters is 1. The van der Waals surface area contributed by atoms with E-state index in [1.54, 1.807) is 18.5 Å². The van der Waals surface area contributed by atoms with Crippen LogP contribution in [-0.4, -0.2) is 76.5 Å². The van der Waals surface area contributed by atoms with Gasteiger partial charge in [0.25, 0.3) is 5.56 Å². The number of aryl methyl sites for hydroxylation is 2. The molecular formula is C28H40N4O5. The van der Waals surface area contributed by atoms with Crippen LogP contribution in [0.2, 0.25) is 0 Å². The van der Waals surface area contributed by atoms with E-state index in [0.717, 1.165) is 55.3 Å². The van der Waals surface area contributed by atoms with Crippen LogP contribution >= 0.6 is 0 Å². The summed E-state index contributed by atoms with van der Waals surface area (Å²) in [5, 5.41) is 13.4. The van der Waals surface area contributed by atoms with Gasteiger partial charge in [0, 0.05) is 50.0 Å². The number of aliphatic hydroxyl groups is 1. The molecule has 0 spiro atoms. The first-order valence-electron chi connectivity index (χ1n) is 13.1. The van der Waals surface area contributed by atoms with E-state index in [2.05, 4.69) is 10.2 Å². The smallest absolute Gasteiger partial charge is 0.326 e. The van der Waals surface area contributed by atoms with Gasteiger partial charge >= 0.3 is 5.97 Å². The number of aromatic nitrogens is 1. The highest BCUT2D eigenvalue weighted by Gasteiger charge is 2.37. The Morgan fingerprint density at radius 1 is 1.35 bits per heavy atom. The number of carbonyl (C=O) groups excluding carboxylic acids is 1. The second-order valence-corrected chi connectivity index (χ2v) is 11.4. The highest BCUT2D eigenvalue weighted by atomic mass is 16.6. The lowest BCUT2D eigenvalue weighted by atomic mass is 9.95. The van der Waals surface area contributed by atoms with Crippen molar-refractivity contribution >= 4 is 11.8 Å². The van der Waals surface area contributed by atoms with Crippen LogP contribution in [0.1, 0.15) is 51.7 Å². The quantitative estimate of drug-likeness (QED) is 0.514. The van der Waals surface area contributed by atoms with Crippen molar-refractivity contribution in [3.63, 3.8) is 0 Å². The Bertz CT molecular complexity index is 1140. The molecule has 3 aliphatic rings. The van der Waals surface area contributed by atoms with Crippen LogP contribution < -0.4 is 10.9 Å². The van der Waals surface area contributed by atoms with Crippen LogP contribution in [0.5, 0.6) is 0 Å². The van der Waals surface area contributed by atoms with Gasteiger partial charge in [-0.25, -0.2) is 4.99 Å². The van der Waals surface area contributed by atoms with Gasteiger partial charge in [0.2, 0.25) is 0 Å². The molecule has 202 valence electrons. The Balaban J connectivity index is 1.54. The van der Waals surface area contributed by atoms with Gasteiger partial charge in [-0.3, -0.25) is 14.9 Å². The lowest BCUT2D eigenvalue weighted by Gasteiger charge is -2.33. The molecule has 0 aromatic carbocycles. The lowest BCUT2D eigenvalue weighted by molar-refractivity contribution is -0.160. The molecule has 0 amide bonds. The molecule has 2 unspecified atom stereocenters. The third kappa shape index (κ3) is 6.40. The van der Waals surface area contributed by atoms with Gasteiger partial charge in [-0.05, 0) is 59.6 Å². The summed E-state index contributed by atoms with van der Waals surface area (Å²) in [6.07, 6.45) is 6.80. The second-order valence-electron chi connectivity index (χ2n) is 11.4. The summed E-state index contributed by atoms with van der Waals surface area (Å²) in [6.45, 7) is 11.6. The normalized spacial score (nSPS) is 23.2. The summed E-state index contributed by atoms with van der Waals surface area (Å²) in [5.41, 5.74) is 3.07. The van der Waals surface area contributed by atoms with E-state index in [-0.39, 0.29) is 11.6 Å². The summed E-state index contributed by atoms with van der Waals surface area (Å²) < 4.78 is 12.8. The maximum Gasteiger partial charge on any atom is 0.326 e. The summed E-state index contributed by atoms with van der Waals surface area (Å²) in [5.74, 6) is 0.826. The molecular weight excluding hydrogens is 472 g/mol. The Morgan fingerprint density at radius 2 is 2.11 bits per heavy atom. The number of aliphatic imine (C=N–C) groups is 1. The second kappa shape index (κ2) is 10.9. The van der Waals surface area contributed by atoms with Crippen LogP contribution in [0.25, 0.3) is 0 Å². The Kier molecular flexibility index (Phi) is 8.06. The highest BCUT2D eigenvalue weighted by molar-refractivity contribution is 6.01. The monoisotopic (exact) mass is 512 g/mol. The summed E-state index contributed by atoms with van der Waals surface area (Å²) >= 11 is 0. The van der Waals surface area contributed by atoms with E-state index < -0.39 is 23.7 Å². The maximum absolute atomic E-state index is 12.6. The molecule has 4 rings (SSSR count). The van der Waals surface area contributed by atoms with E-state index >= 15 is 0 Å². The van der Waals surface area contributed by atoms with Crippen molar-refractivity contribution in [1.82, 2.24) is 14.8 Å². The Hall–Kier alpha value is -2.75. The number of pyridine rings is 1. The van der Waals surface area contributed by atoms with E-state index in [4.69, 9.17) is 14.5 Å². The number of allylic oxidation sites excluding steroid dienone is 2. The average molecular weight is 513 g/mol. The molecule has 9 heteroatoms. The van der Waals surface area contributed by atoms with Gasteiger partial charge in [-0.1, -0.05) is 11.6 Å². The fraction of sp³-hybridized carbons (Fsp3) is 0.607. The number of carbonyl (C=O) groups is 1. The SMILES string of the molecule is Cc1cc(C2=NC3=CC=C(CN[C@H](C(=O)OC(C)(C)C)[C@@H](C)O)CC3N2CC2CCOC2)cn(C)c1=O. The minimum Gasteiger partial charge on any atom is -0.459 e. The summed E-state index contributed by atoms with van der Waals surface area (Å²) in [4.78, 5) is 32.3. The zero-order valence-corrected chi connectivity index (χ0v) is 22.8. The number of aliphatic hydroxyl groups excluding tert-OH is 1. The van der Waals surface area contributed by atoms with Gasteiger partial charge in [0.05, 0.1) is 24.4 Å². The zero-order valence-electron chi connectivity index (χ0n) is 22.8. The van der Waals surface area contributed by atoms with Crippen LogP contribution in [-0.2, 0) is 21.3 Å². The number of ether oxygens (including phenoxy) is 2. The standard InChI is InChI=1S/C28H40N4O5/c1-17-11-21(15-31(6)26(17)34)25-30-22-8-7-19(12-23(22)32(25)14-20-9-10-36-16-20)13-29-24(18(2)33)27(35)37-28(3,4)5/h7-8,11,15,18,20,23-24,29,33H,9-10,12-14,16H2,1-6H3/t18-,20?,23?,24+/m1/s1. The summed E-state index contributed by atoms with van der Waals surface area (Å²) in [6, 6.07) is 1.16. The number of hydrogen-bond donors (Lipinski definition) is 2. The molecule has 1 fully saturated rings. The number of rotatable bonds is 8. The predicted molar refractivity (Wildman–Crippen MR) is 142 cm³/mol. The van der Waals surface area contributed by atoms with Gasteiger partial charge in [-0.2, -0.15) is 0 Å². The van der Waals surface area contributed by atoms with Crippen molar-refractivity contribution in [2.75, 3.05) is 26.3 Å². The fourth-order valence-corrected chi connectivity index (χ4v) is 5.09. The van der Waals surface area contributed by atoms with Crippen molar-refractivity contribution in [2.45, 2.75) is 71.2 Å². The van der Waals surface area contributed by atoms with Crippen molar-refractivity contribution in [1.29, 1.82) is 0 Å². The molecule has 3 heterocycles. The van der Waals surface area contributed by atoms with Gasteiger partial charge in [0.1, 0.15) is 17.5 Å². The molecule has 2 aliphatic heterocycles. The number of nitrogens with zero attached hydrogens (tertiary/aromatic N) is 3. The van der Waals surface area contributed by atoms with Crippen LogP contribution in [0, 0.1) is 12.8 Å². The topological polar surface area (TPSA) is 105 Å². The van der Waals surface area contributed by atoms with Crippen LogP contribution in [0.3, 0.4) is 0 Å². The number of nitrogens with one attached hydrogen (secondary N) is 1. The van der Waals surface area contributed by atoms with E-state index in [1.165, 1.54) is 0 Å². The van der Waals surface area contributed by atoms with Gasteiger partial charge < -0.3 is 24.0 Å². The predicted octanol–water partition coefficient (Wildman–Crippen LogP) is 2.06. The third-order valence-corrected chi connectivity index (χ3v) is 6.96. The minimum atomic E-state index is -0.890. The first kappa shape index (κ1) is 27.3. The van der Waals surface area contributed by atoms with E-state index in [9.17, 15) is 14.7 Å². The van der Waals surface area contributed by atoms with Crippen LogP contribution in [0.4, 0.5) is 0 Å². The Labute approximate surface area is 218 Å². The highest BCUT2D eigenvalue weighted by Crippen LogP contribution is 2.34. The molecule has 1 aromatic heterocycles. The molecule has 9 nitrogen and oxygen atoms in total. The first-order chi connectivity index (χ1) is 17.4. The van der Waals surface area contributed by atoms with E-state index in [0.29, 0.717) is 18.0 Å². The molecule has 1 saturated heterocycles. The van der Waals surface area contributed by atoms with Crippen molar-refractivity contribution in [3.05, 3.63) is 57.2 Å². The maximum atomic E-state index is 12.6. The molecule has 2 N–H and O–H groups in total. The summed E-state index contributed by atoms with van der Waals surface area (Å²) in [7, 11) is 1.77. The average Bonchev–Trinajstić information content (AvgIpc) is 3.44. The third-order valence-electron chi connectivity index (χ3n) is 6.96. The van der Waals surface area contributed by atoms with Gasteiger partial charge in [0.15, 0.2) is 0 Å². The first-order valence-corrected chi connectivity index (χ1v) is 13.1. The van der Waals surface area contributed by atoms with Crippen molar-refractivity contribution in [2.24, 2.45) is 18.0 Å². The van der Waals surface area contributed by atoms with Crippen LogP contribution in [0.15, 0.2) is 45.5 Å². The van der Waals surface area contributed by atoms with Crippen molar-refractivity contribution < 1.29 is 19.4 Å². The number of hydrogen-bond acceptors (Lipinski definition) is 8. The lowest BCUT2D eigenvalue weighted by Crippen LogP contribution is -2.49. The number of amidine groups is 1. The molecule has 37 heavy (non-hydrogen) atoms. The largest absolute Gasteiger partial charge is 0.459 e. The molecule has 0 radical (unpaired) electrons. The van der Waals surface area contributed by atoms with Crippen molar-refractivity contribution in [3.8, 4) is 0 Å².